The summed E-state index contributed by atoms with van der Waals surface area (Å²) in [6.07, 6.45) is 23.8. The summed E-state index contributed by atoms with van der Waals surface area (Å²) in [5.41, 5.74) is 0. The van der Waals surface area contributed by atoms with Crippen LogP contribution in [0.4, 0.5) is 0 Å². The first-order valence-electron chi connectivity index (χ1n) is 12.3. The average Bonchev–Trinajstić information content (AvgIpc) is 2.73. The summed E-state index contributed by atoms with van der Waals surface area (Å²) in [5.74, 6) is 0. The summed E-state index contributed by atoms with van der Waals surface area (Å²) >= 11 is 0. The first-order chi connectivity index (χ1) is 14.3. The van der Waals surface area contributed by atoms with E-state index in [1.54, 1.807) is 13.4 Å². The second-order valence-electron chi connectivity index (χ2n) is 7.94. The van der Waals surface area contributed by atoms with Crippen LogP contribution in [0.25, 0.3) is 0 Å². The smallest absolute Gasteiger partial charge is 0.187 e. The number of hydrogen-bond acceptors (Lipinski definition) is 4. The maximum Gasteiger partial charge on any atom is 0.187 e. The molecule has 0 amide bonds. The molecule has 0 heterocycles. The fraction of sp³-hybridized carbons (Fsp3) is 0.920. The zero-order valence-electron chi connectivity index (χ0n) is 19.8. The minimum Gasteiger partial charge on any atom is -0.476 e. The van der Waals surface area contributed by atoms with Crippen LogP contribution in [-0.4, -0.2) is 33.4 Å². The Morgan fingerprint density at radius 2 is 1.21 bits per heavy atom. The Bertz CT molecular complexity index is 308. The van der Waals surface area contributed by atoms with Gasteiger partial charge in [0, 0.05) is 20.3 Å². The lowest BCUT2D eigenvalue weighted by atomic mass is 10.1. The standard InChI is InChI=1S/C25H50O4/c1-4-6-17-22-28-25(29-23-18-7-5-2)20-16-14-12-10-8-9-11-13-15-19-21-27-24-26-3/h19,21,25H,4-18,20,22-24H2,1-3H3. The number of hydrogen-bond donors (Lipinski definition) is 0. The molecule has 0 aromatic rings. The largest absolute Gasteiger partial charge is 0.476 e. The van der Waals surface area contributed by atoms with Gasteiger partial charge < -0.3 is 18.9 Å². The van der Waals surface area contributed by atoms with Crippen LogP contribution in [0.15, 0.2) is 12.3 Å². The minimum absolute atomic E-state index is 0.0182. The van der Waals surface area contributed by atoms with Gasteiger partial charge in [0.05, 0.1) is 6.26 Å². The Hall–Kier alpha value is -0.580. The third kappa shape index (κ3) is 23.6. The topological polar surface area (TPSA) is 36.9 Å². The van der Waals surface area contributed by atoms with Crippen LogP contribution in [0.3, 0.4) is 0 Å². The lowest BCUT2D eigenvalue weighted by Gasteiger charge is -2.18. The molecule has 174 valence electrons. The van der Waals surface area contributed by atoms with Gasteiger partial charge in [-0.1, -0.05) is 78.1 Å². The monoisotopic (exact) mass is 414 g/mol. The Kier molecular flexibility index (Phi) is 24.9. The maximum absolute atomic E-state index is 5.99. The van der Waals surface area contributed by atoms with Gasteiger partial charge in [-0.05, 0) is 44.6 Å². The van der Waals surface area contributed by atoms with Crippen molar-refractivity contribution in [3.05, 3.63) is 12.3 Å². The van der Waals surface area contributed by atoms with Crippen molar-refractivity contribution in [1.29, 1.82) is 0 Å². The molecule has 0 atom stereocenters. The van der Waals surface area contributed by atoms with E-state index in [0.29, 0.717) is 6.79 Å². The first-order valence-corrected chi connectivity index (χ1v) is 12.3. The molecule has 0 aliphatic rings. The third-order valence-electron chi connectivity index (χ3n) is 5.04. The lowest BCUT2D eigenvalue weighted by molar-refractivity contribution is -0.148. The predicted molar refractivity (Wildman–Crippen MR) is 123 cm³/mol. The maximum atomic E-state index is 5.99. The summed E-state index contributed by atoms with van der Waals surface area (Å²) in [6, 6.07) is 0. The Balaban J connectivity index is 3.55. The minimum atomic E-state index is 0.0182. The molecule has 0 N–H and O–H groups in total. The van der Waals surface area contributed by atoms with Gasteiger partial charge in [-0.25, -0.2) is 0 Å². The molecule has 0 aromatic heterocycles. The summed E-state index contributed by atoms with van der Waals surface area (Å²) < 4.78 is 21.9. The van der Waals surface area contributed by atoms with E-state index < -0.39 is 0 Å². The van der Waals surface area contributed by atoms with Gasteiger partial charge >= 0.3 is 0 Å². The summed E-state index contributed by atoms with van der Waals surface area (Å²) in [6.45, 7) is 6.50. The number of allylic oxidation sites excluding steroid dienone is 1. The molecular formula is C25H50O4. The highest BCUT2D eigenvalue weighted by Gasteiger charge is 2.09. The Morgan fingerprint density at radius 3 is 1.76 bits per heavy atom. The van der Waals surface area contributed by atoms with E-state index in [1.807, 2.05) is 0 Å². The van der Waals surface area contributed by atoms with Gasteiger partial charge in [0.1, 0.15) is 0 Å². The second kappa shape index (κ2) is 25.5. The molecule has 0 bridgehead atoms. The predicted octanol–water partition coefficient (Wildman–Crippen LogP) is 7.76. The van der Waals surface area contributed by atoms with E-state index in [1.165, 1.54) is 77.0 Å². The third-order valence-corrected chi connectivity index (χ3v) is 5.04. The van der Waals surface area contributed by atoms with E-state index in [0.717, 1.165) is 38.9 Å². The molecule has 0 radical (unpaired) electrons. The van der Waals surface area contributed by atoms with Crippen LogP contribution in [0.2, 0.25) is 0 Å². The van der Waals surface area contributed by atoms with Gasteiger partial charge in [-0.15, -0.1) is 0 Å². The normalized spacial score (nSPS) is 11.7. The molecule has 4 nitrogen and oxygen atoms in total. The molecule has 0 saturated heterocycles. The molecule has 0 aromatic carbocycles. The molecule has 0 aliphatic heterocycles. The molecule has 29 heavy (non-hydrogen) atoms. The average molecular weight is 415 g/mol. The van der Waals surface area contributed by atoms with E-state index in [-0.39, 0.29) is 6.29 Å². The molecule has 0 saturated carbocycles. The van der Waals surface area contributed by atoms with E-state index in [2.05, 4.69) is 19.9 Å². The quantitative estimate of drug-likeness (QED) is 0.0918. The van der Waals surface area contributed by atoms with Crippen molar-refractivity contribution in [3.63, 3.8) is 0 Å². The summed E-state index contributed by atoms with van der Waals surface area (Å²) in [4.78, 5) is 0. The first kappa shape index (κ1) is 28.4. The van der Waals surface area contributed by atoms with Gasteiger partial charge in [0.15, 0.2) is 13.1 Å². The van der Waals surface area contributed by atoms with Crippen molar-refractivity contribution in [2.45, 2.75) is 123 Å². The van der Waals surface area contributed by atoms with Crippen LogP contribution < -0.4 is 0 Å². The zero-order chi connectivity index (χ0) is 21.3. The van der Waals surface area contributed by atoms with E-state index >= 15 is 0 Å². The summed E-state index contributed by atoms with van der Waals surface area (Å²) in [5, 5.41) is 0. The molecule has 0 rings (SSSR count). The SMILES string of the molecule is CCCCCOC(CCCCCCCCCCC=COCOC)OCCCCC. The molecule has 0 fully saturated rings. The Labute approximate surface area is 181 Å². The number of rotatable bonds is 24. The fourth-order valence-corrected chi connectivity index (χ4v) is 3.23. The fourth-order valence-electron chi connectivity index (χ4n) is 3.23. The number of unbranched alkanes of at least 4 members (excludes halogenated alkanes) is 12. The molecule has 4 heteroatoms. The molecule has 0 spiro atoms. The van der Waals surface area contributed by atoms with E-state index in [9.17, 15) is 0 Å². The highest BCUT2D eigenvalue weighted by Crippen LogP contribution is 2.14. The lowest BCUT2D eigenvalue weighted by Crippen LogP contribution is -2.19. The molecule has 0 aliphatic carbocycles. The van der Waals surface area contributed by atoms with Crippen LogP contribution in [0, 0.1) is 0 Å². The summed E-state index contributed by atoms with van der Waals surface area (Å²) in [7, 11) is 1.64. The van der Waals surface area contributed by atoms with Crippen molar-refractivity contribution < 1.29 is 18.9 Å². The van der Waals surface area contributed by atoms with Gasteiger partial charge in [-0.3, -0.25) is 0 Å². The van der Waals surface area contributed by atoms with Crippen LogP contribution in [0.1, 0.15) is 117 Å². The number of ether oxygens (including phenoxy) is 4. The van der Waals surface area contributed by atoms with Crippen molar-refractivity contribution in [2.75, 3.05) is 27.1 Å². The van der Waals surface area contributed by atoms with Crippen molar-refractivity contribution in [3.8, 4) is 0 Å². The van der Waals surface area contributed by atoms with Crippen LogP contribution in [0.5, 0.6) is 0 Å². The second-order valence-corrected chi connectivity index (χ2v) is 7.94. The molecular weight excluding hydrogens is 364 g/mol. The van der Waals surface area contributed by atoms with Gasteiger partial charge in [0.2, 0.25) is 0 Å². The van der Waals surface area contributed by atoms with E-state index in [4.69, 9.17) is 18.9 Å². The molecule has 0 unspecified atom stereocenters. The highest BCUT2D eigenvalue weighted by molar-refractivity contribution is 4.72. The van der Waals surface area contributed by atoms with Crippen molar-refractivity contribution >= 4 is 0 Å². The zero-order valence-corrected chi connectivity index (χ0v) is 19.8. The van der Waals surface area contributed by atoms with Crippen LogP contribution >= 0.6 is 0 Å². The van der Waals surface area contributed by atoms with Gasteiger partial charge in [0.25, 0.3) is 0 Å². The Morgan fingerprint density at radius 1 is 0.655 bits per heavy atom. The van der Waals surface area contributed by atoms with Crippen molar-refractivity contribution in [1.82, 2.24) is 0 Å². The number of methoxy groups -OCH3 is 1. The van der Waals surface area contributed by atoms with Crippen molar-refractivity contribution in [2.24, 2.45) is 0 Å². The highest BCUT2D eigenvalue weighted by atomic mass is 16.7. The van der Waals surface area contributed by atoms with Crippen LogP contribution in [-0.2, 0) is 18.9 Å². The van der Waals surface area contributed by atoms with Gasteiger partial charge in [-0.2, -0.15) is 0 Å².